The van der Waals surface area contributed by atoms with Gasteiger partial charge >= 0.3 is 35.8 Å². The average molecular weight is 773 g/mol. The van der Waals surface area contributed by atoms with Crippen molar-refractivity contribution >= 4 is 41.9 Å². The Kier molecular flexibility index (Phi) is 14.4. The van der Waals surface area contributed by atoms with Crippen LogP contribution in [0.2, 0.25) is 0 Å². The van der Waals surface area contributed by atoms with E-state index in [1.165, 1.54) is 41.1 Å². The summed E-state index contributed by atoms with van der Waals surface area (Å²) in [5, 5.41) is 0. The van der Waals surface area contributed by atoms with Gasteiger partial charge in [0.05, 0.1) is 20.1 Å². The van der Waals surface area contributed by atoms with Crippen LogP contribution in [-0.2, 0) is 61.9 Å². The van der Waals surface area contributed by atoms with Crippen LogP contribution in [0.5, 0.6) is 23.0 Å². The first-order chi connectivity index (χ1) is 26.1. The van der Waals surface area contributed by atoms with Crippen LogP contribution in [0.3, 0.4) is 0 Å². The second-order valence-electron chi connectivity index (χ2n) is 12.4. The molecule has 298 valence electrons. The Hall–Kier alpha value is -5.84. The highest BCUT2D eigenvalue weighted by Gasteiger charge is 2.53. The summed E-state index contributed by atoms with van der Waals surface area (Å²) in [6.45, 7) is 6.69. The zero-order valence-corrected chi connectivity index (χ0v) is 31.6. The Bertz CT molecular complexity index is 1780. The van der Waals surface area contributed by atoms with Crippen molar-refractivity contribution in [1.29, 1.82) is 0 Å². The van der Waals surface area contributed by atoms with E-state index in [1.54, 1.807) is 30.4 Å². The van der Waals surface area contributed by atoms with E-state index in [9.17, 15) is 28.8 Å². The normalized spacial score (nSPS) is 22.7. The molecule has 0 spiro atoms. The molecule has 0 unspecified atom stereocenters. The predicted octanol–water partition coefficient (Wildman–Crippen LogP) is 3.52. The molecule has 2 aliphatic heterocycles. The van der Waals surface area contributed by atoms with Gasteiger partial charge in [-0.1, -0.05) is 12.1 Å². The maximum Gasteiger partial charge on any atom is 0.303 e. The summed E-state index contributed by atoms with van der Waals surface area (Å²) < 4.78 is 62.2. The number of carbonyl (C=O) groups is 6. The third kappa shape index (κ3) is 11.1. The summed E-state index contributed by atoms with van der Waals surface area (Å²) in [5.74, 6) is -3.38. The van der Waals surface area contributed by atoms with Gasteiger partial charge in [-0.3, -0.25) is 28.8 Å². The van der Waals surface area contributed by atoms with Crippen LogP contribution in [0.4, 0.5) is 0 Å². The molecule has 17 nitrogen and oxygen atoms in total. The molecule has 0 radical (unpaired) electrons. The van der Waals surface area contributed by atoms with Crippen LogP contribution >= 0.6 is 0 Å². The average Bonchev–Trinajstić information content (AvgIpc) is 3.48. The minimum atomic E-state index is -1.51. The predicted molar refractivity (Wildman–Crippen MR) is 187 cm³/mol. The first-order valence-electron chi connectivity index (χ1n) is 17.1. The van der Waals surface area contributed by atoms with Gasteiger partial charge in [-0.2, -0.15) is 0 Å². The molecule has 0 N–H and O–H groups in total. The van der Waals surface area contributed by atoms with Gasteiger partial charge in [0, 0.05) is 47.1 Å². The van der Waals surface area contributed by atoms with Crippen LogP contribution in [0.1, 0.15) is 70.3 Å². The lowest BCUT2D eigenvalue weighted by molar-refractivity contribution is -0.288. The van der Waals surface area contributed by atoms with Crippen molar-refractivity contribution in [2.45, 2.75) is 84.3 Å². The van der Waals surface area contributed by atoms with Gasteiger partial charge in [-0.15, -0.1) is 0 Å². The van der Waals surface area contributed by atoms with Crippen LogP contribution in [-0.4, -0.2) is 101 Å². The van der Waals surface area contributed by atoms with Gasteiger partial charge in [0.25, 0.3) is 0 Å². The molecule has 2 heterocycles. The molecule has 17 heteroatoms. The molecule has 55 heavy (non-hydrogen) atoms. The quantitative estimate of drug-likeness (QED) is 0.188. The molecule has 0 bridgehead atoms. The molecule has 4 rings (SSSR count). The maximum atomic E-state index is 12.3. The Morgan fingerprint density at radius 3 is 1.85 bits per heavy atom. The number of hydrogen-bond donors (Lipinski definition) is 0. The van der Waals surface area contributed by atoms with Gasteiger partial charge in [-0.05, 0) is 41.5 Å². The molecular weight excluding hydrogens is 728 g/mol. The van der Waals surface area contributed by atoms with E-state index in [0.29, 0.717) is 28.2 Å². The Labute approximate surface area is 316 Å². The van der Waals surface area contributed by atoms with Gasteiger partial charge < -0.3 is 52.1 Å². The number of methoxy groups -OCH3 is 2. The molecular formula is C38H44O17. The molecule has 2 aliphatic rings. The van der Waals surface area contributed by atoms with Gasteiger partial charge in [0.2, 0.25) is 12.4 Å². The number of carbonyl (C=O) groups excluding carboxylic acids is 6. The minimum absolute atomic E-state index is 0.0535. The Morgan fingerprint density at radius 2 is 1.25 bits per heavy atom. The smallest absolute Gasteiger partial charge is 0.303 e. The van der Waals surface area contributed by atoms with E-state index in [0.717, 1.165) is 20.8 Å². The highest BCUT2D eigenvalue weighted by atomic mass is 16.7. The van der Waals surface area contributed by atoms with Crippen molar-refractivity contribution in [3.05, 3.63) is 53.1 Å². The minimum Gasteiger partial charge on any atom is -0.493 e. The second kappa shape index (κ2) is 19.0. The first kappa shape index (κ1) is 41.9. The third-order valence-corrected chi connectivity index (χ3v) is 8.20. The fraction of sp³-hybridized carbons (Fsp3) is 0.474. The summed E-state index contributed by atoms with van der Waals surface area (Å²) in [6.07, 6.45) is -4.34. The van der Waals surface area contributed by atoms with Crippen molar-refractivity contribution in [3.63, 3.8) is 0 Å². The van der Waals surface area contributed by atoms with Crippen molar-refractivity contribution in [2.75, 3.05) is 34.0 Å². The molecule has 0 aromatic heterocycles. The largest absolute Gasteiger partial charge is 0.493 e. The lowest BCUT2D eigenvalue weighted by atomic mass is 9.90. The molecule has 2 aromatic carbocycles. The van der Waals surface area contributed by atoms with Crippen LogP contribution < -0.4 is 18.9 Å². The number of esters is 6. The number of hydrogen-bond acceptors (Lipinski definition) is 17. The summed E-state index contributed by atoms with van der Waals surface area (Å²) in [7, 11) is 2.87. The molecule has 2 aromatic rings. The van der Waals surface area contributed by atoms with E-state index >= 15 is 0 Å². The zero-order valence-electron chi connectivity index (χ0n) is 31.6. The van der Waals surface area contributed by atoms with Crippen LogP contribution in [0, 0.1) is 0 Å². The highest BCUT2D eigenvalue weighted by Crippen LogP contribution is 2.52. The summed E-state index contributed by atoms with van der Waals surface area (Å²) in [4.78, 5) is 71.6. The van der Waals surface area contributed by atoms with Crippen molar-refractivity contribution in [1.82, 2.24) is 0 Å². The fourth-order valence-corrected chi connectivity index (χ4v) is 6.07. The standard InChI is InChI=1S/C38H44O17/c1-19(39)47-13-9-10-25-14-27-28(17-48-20(2)40)33(55-34(27)31(15-25)46-8)26-11-12-29(30(16-26)45-7)53-38-37(52-24(6)44)36(51-23(5)43)35(50-22(4)42)32(54-38)18-49-21(3)41/h9-12,14-16,28,32-33,35-38H,13,17-18H2,1-8H3/b10-9+/t28-,32-,33+,35-,36+,37-,38-/m1/s1. The van der Waals surface area contributed by atoms with Gasteiger partial charge in [0.1, 0.15) is 32.0 Å². The Morgan fingerprint density at radius 1 is 0.655 bits per heavy atom. The summed E-state index contributed by atoms with van der Waals surface area (Å²) in [6, 6.07) is 8.45. The van der Waals surface area contributed by atoms with Crippen molar-refractivity contribution < 1.29 is 80.9 Å². The van der Waals surface area contributed by atoms with Crippen LogP contribution in [0.25, 0.3) is 6.08 Å². The van der Waals surface area contributed by atoms with Crippen molar-refractivity contribution in [3.8, 4) is 23.0 Å². The second-order valence-corrected chi connectivity index (χ2v) is 12.4. The van der Waals surface area contributed by atoms with Crippen molar-refractivity contribution in [2.24, 2.45) is 0 Å². The van der Waals surface area contributed by atoms with Gasteiger partial charge in [0.15, 0.2) is 35.2 Å². The monoisotopic (exact) mass is 772 g/mol. The molecule has 7 atom stereocenters. The number of benzene rings is 2. The van der Waals surface area contributed by atoms with E-state index in [-0.39, 0.29) is 24.7 Å². The maximum absolute atomic E-state index is 12.3. The van der Waals surface area contributed by atoms with Crippen LogP contribution in [0.15, 0.2) is 36.4 Å². The Balaban J connectivity index is 1.72. The lowest BCUT2D eigenvalue weighted by Gasteiger charge is -2.44. The fourth-order valence-electron chi connectivity index (χ4n) is 6.07. The lowest BCUT2D eigenvalue weighted by Crippen LogP contribution is -2.63. The number of fused-ring (bicyclic) bond motifs is 1. The zero-order chi connectivity index (χ0) is 40.4. The summed E-state index contributed by atoms with van der Waals surface area (Å²) in [5.41, 5.74) is 1.98. The molecule has 1 fully saturated rings. The van der Waals surface area contributed by atoms with E-state index in [1.807, 2.05) is 6.07 Å². The highest BCUT2D eigenvalue weighted by molar-refractivity contribution is 5.69. The topological polar surface area (TPSA) is 204 Å². The first-order valence-corrected chi connectivity index (χ1v) is 17.1. The van der Waals surface area contributed by atoms with Gasteiger partial charge in [-0.25, -0.2) is 0 Å². The van der Waals surface area contributed by atoms with E-state index in [4.69, 9.17) is 52.1 Å². The third-order valence-electron chi connectivity index (χ3n) is 8.20. The molecule has 0 amide bonds. The molecule has 0 saturated carbocycles. The van der Waals surface area contributed by atoms with E-state index < -0.39 is 85.2 Å². The molecule has 1 saturated heterocycles. The number of rotatable bonds is 15. The summed E-state index contributed by atoms with van der Waals surface area (Å²) >= 11 is 0. The SMILES string of the molecule is COc1cc([C@@H]2Oc3c(OC)cc(/C=C/COC(C)=O)cc3[C@H]2COC(C)=O)ccc1O[C@@H]1O[C@H](COC(C)=O)[C@@H](OC(C)=O)[C@H](OC(C)=O)[C@H]1OC(C)=O. The van der Waals surface area contributed by atoms with E-state index in [2.05, 4.69) is 0 Å². The molecule has 0 aliphatic carbocycles. The number of ether oxygens (including phenoxy) is 11.